The molecule has 0 radical (unpaired) electrons. The Labute approximate surface area is 104 Å². The standard InChI is InChI=1S/C13H13N3S/c14-7-11-12(15)9-6-8-4-2-1-3-5-10(8)16-13(9)17-11/h6H,1-5,15H2. The number of fused-ring (bicyclic) bond motifs is 2. The van der Waals surface area contributed by atoms with Gasteiger partial charge < -0.3 is 5.73 Å². The normalized spacial score (nSPS) is 15.2. The average molecular weight is 243 g/mol. The van der Waals surface area contributed by atoms with Crippen molar-refractivity contribution in [2.24, 2.45) is 0 Å². The molecule has 3 nitrogen and oxygen atoms in total. The third-order valence-corrected chi connectivity index (χ3v) is 4.37. The quantitative estimate of drug-likeness (QED) is 0.723. The summed E-state index contributed by atoms with van der Waals surface area (Å²) >= 11 is 1.41. The molecule has 0 unspecified atom stereocenters. The van der Waals surface area contributed by atoms with Gasteiger partial charge in [-0.15, -0.1) is 11.3 Å². The van der Waals surface area contributed by atoms with Gasteiger partial charge in [0.05, 0.1) is 5.69 Å². The molecule has 2 N–H and O–H groups in total. The van der Waals surface area contributed by atoms with Gasteiger partial charge in [0.25, 0.3) is 0 Å². The SMILES string of the molecule is N#Cc1sc2nc3c(cc2c1N)CCCCC3. The van der Waals surface area contributed by atoms with E-state index in [1.165, 1.54) is 41.9 Å². The van der Waals surface area contributed by atoms with Gasteiger partial charge in [-0.1, -0.05) is 6.42 Å². The van der Waals surface area contributed by atoms with Crippen LogP contribution in [0, 0.1) is 11.3 Å². The minimum atomic E-state index is 0.590. The summed E-state index contributed by atoms with van der Waals surface area (Å²) in [6, 6.07) is 4.29. The van der Waals surface area contributed by atoms with Crippen molar-refractivity contribution < 1.29 is 0 Å². The fourth-order valence-corrected chi connectivity index (χ4v) is 3.31. The molecule has 2 heterocycles. The molecule has 0 aromatic carbocycles. The molecule has 4 heteroatoms. The molecule has 17 heavy (non-hydrogen) atoms. The summed E-state index contributed by atoms with van der Waals surface area (Å²) in [5, 5.41) is 9.95. The van der Waals surface area contributed by atoms with Gasteiger partial charge in [-0.25, -0.2) is 4.98 Å². The number of aromatic nitrogens is 1. The van der Waals surface area contributed by atoms with Crippen LogP contribution < -0.4 is 5.73 Å². The maximum absolute atomic E-state index is 8.98. The highest BCUT2D eigenvalue weighted by Crippen LogP contribution is 2.34. The van der Waals surface area contributed by atoms with Crippen molar-refractivity contribution in [1.82, 2.24) is 4.98 Å². The number of pyridine rings is 1. The van der Waals surface area contributed by atoms with Crippen molar-refractivity contribution in [3.8, 4) is 6.07 Å². The first-order valence-electron chi connectivity index (χ1n) is 5.90. The Morgan fingerprint density at radius 3 is 2.94 bits per heavy atom. The first-order chi connectivity index (χ1) is 8.29. The lowest BCUT2D eigenvalue weighted by Gasteiger charge is -2.04. The molecule has 1 aliphatic carbocycles. The smallest absolute Gasteiger partial charge is 0.130 e. The molecule has 0 saturated carbocycles. The number of hydrogen-bond acceptors (Lipinski definition) is 4. The zero-order valence-electron chi connectivity index (χ0n) is 9.49. The Balaban J connectivity index is 2.24. The first-order valence-corrected chi connectivity index (χ1v) is 6.72. The van der Waals surface area contributed by atoms with Crippen molar-refractivity contribution >= 4 is 27.2 Å². The minimum Gasteiger partial charge on any atom is -0.396 e. The number of nitrogens with zero attached hydrogens (tertiary/aromatic N) is 2. The van der Waals surface area contributed by atoms with E-state index in [2.05, 4.69) is 12.1 Å². The summed E-state index contributed by atoms with van der Waals surface area (Å²) < 4.78 is 0. The van der Waals surface area contributed by atoms with E-state index in [0.717, 1.165) is 23.1 Å². The van der Waals surface area contributed by atoms with Gasteiger partial charge in [0, 0.05) is 11.1 Å². The number of aryl methyl sites for hydroxylation is 2. The molecule has 0 saturated heterocycles. The van der Waals surface area contributed by atoms with Gasteiger partial charge in [0.15, 0.2) is 0 Å². The Morgan fingerprint density at radius 2 is 2.12 bits per heavy atom. The molecule has 0 fully saturated rings. The lowest BCUT2D eigenvalue weighted by atomic mass is 10.1. The van der Waals surface area contributed by atoms with Gasteiger partial charge in [0.2, 0.25) is 0 Å². The highest BCUT2D eigenvalue weighted by Gasteiger charge is 2.15. The molecule has 0 spiro atoms. The minimum absolute atomic E-state index is 0.590. The lowest BCUT2D eigenvalue weighted by Crippen LogP contribution is -1.95. The molecule has 2 aromatic rings. The highest BCUT2D eigenvalue weighted by molar-refractivity contribution is 7.19. The molecule has 1 aliphatic rings. The van der Waals surface area contributed by atoms with Crippen LogP contribution in [0.2, 0.25) is 0 Å². The number of anilines is 1. The van der Waals surface area contributed by atoms with E-state index in [1.54, 1.807) is 0 Å². The third kappa shape index (κ3) is 1.67. The Kier molecular flexibility index (Phi) is 2.49. The van der Waals surface area contributed by atoms with E-state index in [4.69, 9.17) is 16.0 Å². The predicted molar refractivity (Wildman–Crippen MR) is 70.0 cm³/mol. The maximum Gasteiger partial charge on any atom is 0.130 e. The number of thiophene rings is 1. The second kappa shape index (κ2) is 4.01. The van der Waals surface area contributed by atoms with Crippen LogP contribution in [-0.4, -0.2) is 4.98 Å². The Morgan fingerprint density at radius 1 is 1.29 bits per heavy atom. The summed E-state index contributed by atoms with van der Waals surface area (Å²) in [6.07, 6.45) is 5.89. The summed E-state index contributed by atoms with van der Waals surface area (Å²) in [7, 11) is 0. The van der Waals surface area contributed by atoms with Crippen LogP contribution in [0.4, 0.5) is 5.69 Å². The molecule has 3 rings (SSSR count). The van der Waals surface area contributed by atoms with Crippen molar-refractivity contribution in [3.63, 3.8) is 0 Å². The van der Waals surface area contributed by atoms with Crippen LogP contribution in [0.1, 0.15) is 35.4 Å². The van der Waals surface area contributed by atoms with Crippen molar-refractivity contribution in [3.05, 3.63) is 22.2 Å². The Hall–Kier alpha value is -1.60. The predicted octanol–water partition coefficient (Wildman–Crippen LogP) is 3.02. The first kappa shape index (κ1) is 10.5. The largest absolute Gasteiger partial charge is 0.396 e. The Bertz CT molecular complexity index is 622. The third-order valence-electron chi connectivity index (χ3n) is 3.35. The molecule has 0 bridgehead atoms. The number of nitriles is 1. The summed E-state index contributed by atoms with van der Waals surface area (Å²) in [5.74, 6) is 0. The highest BCUT2D eigenvalue weighted by atomic mass is 32.1. The van der Waals surface area contributed by atoms with E-state index in [1.807, 2.05) is 0 Å². The number of rotatable bonds is 0. The zero-order valence-corrected chi connectivity index (χ0v) is 10.3. The van der Waals surface area contributed by atoms with Crippen LogP contribution >= 0.6 is 11.3 Å². The topological polar surface area (TPSA) is 62.7 Å². The van der Waals surface area contributed by atoms with Crippen LogP contribution in [0.5, 0.6) is 0 Å². The van der Waals surface area contributed by atoms with E-state index < -0.39 is 0 Å². The fourth-order valence-electron chi connectivity index (χ4n) is 2.42. The van der Waals surface area contributed by atoms with Gasteiger partial charge in [-0.2, -0.15) is 5.26 Å². The monoisotopic (exact) mass is 243 g/mol. The van der Waals surface area contributed by atoms with Gasteiger partial charge in [-0.05, 0) is 37.3 Å². The van der Waals surface area contributed by atoms with E-state index in [9.17, 15) is 0 Å². The van der Waals surface area contributed by atoms with Crippen LogP contribution in [0.3, 0.4) is 0 Å². The molecular formula is C13H13N3S. The summed E-state index contributed by atoms with van der Waals surface area (Å²) in [4.78, 5) is 6.20. The number of nitrogen functional groups attached to an aromatic ring is 1. The fraction of sp³-hybridized carbons (Fsp3) is 0.385. The van der Waals surface area contributed by atoms with Gasteiger partial charge >= 0.3 is 0 Å². The van der Waals surface area contributed by atoms with Crippen molar-refractivity contribution in [2.45, 2.75) is 32.1 Å². The second-order valence-corrected chi connectivity index (χ2v) is 5.46. The van der Waals surface area contributed by atoms with Crippen LogP contribution in [0.25, 0.3) is 10.2 Å². The zero-order chi connectivity index (χ0) is 11.8. The summed E-state index contributed by atoms with van der Waals surface area (Å²) in [6.45, 7) is 0. The second-order valence-electron chi connectivity index (χ2n) is 4.46. The van der Waals surface area contributed by atoms with E-state index in [-0.39, 0.29) is 0 Å². The average Bonchev–Trinajstić information content (AvgIpc) is 2.53. The number of hydrogen-bond donors (Lipinski definition) is 1. The maximum atomic E-state index is 8.98. The molecule has 0 amide bonds. The van der Waals surface area contributed by atoms with Crippen molar-refractivity contribution in [2.75, 3.05) is 5.73 Å². The van der Waals surface area contributed by atoms with Crippen LogP contribution in [0.15, 0.2) is 6.07 Å². The molecular weight excluding hydrogens is 230 g/mol. The summed E-state index contributed by atoms with van der Waals surface area (Å²) in [5.41, 5.74) is 9.11. The number of nitrogens with two attached hydrogens (primary N) is 1. The van der Waals surface area contributed by atoms with Crippen molar-refractivity contribution in [1.29, 1.82) is 5.26 Å². The van der Waals surface area contributed by atoms with Crippen LogP contribution in [-0.2, 0) is 12.8 Å². The molecule has 0 atom stereocenters. The molecule has 86 valence electrons. The van der Waals surface area contributed by atoms with Gasteiger partial charge in [-0.3, -0.25) is 0 Å². The van der Waals surface area contributed by atoms with E-state index in [0.29, 0.717) is 10.6 Å². The van der Waals surface area contributed by atoms with E-state index >= 15 is 0 Å². The van der Waals surface area contributed by atoms with Gasteiger partial charge in [0.1, 0.15) is 15.8 Å². The molecule has 0 aliphatic heterocycles. The lowest BCUT2D eigenvalue weighted by molar-refractivity contribution is 0.709. The molecule has 2 aromatic heterocycles.